The summed E-state index contributed by atoms with van der Waals surface area (Å²) in [7, 11) is 0. The van der Waals surface area contributed by atoms with Gasteiger partial charge in [0.05, 0.1) is 0 Å². The molecular weight excluding hydrogens is 325 g/mol. The molecule has 0 atom stereocenters. The average Bonchev–Trinajstić information content (AvgIpc) is 3.00. The maximum absolute atomic E-state index is 12.9. The molecular formula is C14H15Cl2N5O. The molecule has 0 unspecified atom stereocenters. The molecule has 2 aliphatic rings. The lowest BCUT2D eigenvalue weighted by molar-refractivity contribution is -0.137. The zero-order valence-corrected chi connectivity index (χ0v) is 13.4. The molecule has 0 radical (unpaired) electrons. The van der Waals surface area contributed by atoms with Gasteiger partial charge in [-0.1, -0.05) is 29.3 Å². The number of rotatable bonds is 3. The number of amides is 1. The predicted octanol–water partition coefficient (Wildman–Crippen LogP) is 4.08. The van der Waals surface area contributed by atoms with Gasteiger partial charge >= 0.3 is 0 Å². The molecule has 0 bridgehead atoms. The molecule has 8 heteroatoms. The smallest absolute Gasteiger partial charge is 0.277 e. The largest absolute Gasteiger partial charge is 0.339 e. The van der Waals surface area contributed by atoms with E-state index in [0.717, 1.165) is 37.9 Å². The van der Waals surface area contributed by atoms with E-state index in [1.807, 2.05) is 0 Å². The molecule has 0 aromatic heterocycles. The summed E-state index contributed by atoms with van der Waals surface area (Å²) in [6.07, 6.45) is 3.36. The van der Waals surface area contributed by atoms with Crippen LogP contribution in [0.1, 0.15) is 24.8 Å². The van der Waals surface area contributed by atoms with Crippen LogP contribution < -0.4 is 0 Å². The van der Waals surface area contributed by atoms with Crippen LogP contribution in [0.15, 0.2) is 38.9 Å². The van der Waals surface area contributed by atoms with Crippen molar-refractivity contribution in [1.29, 1.82) is 0 Å². The van der Waals surface area contributed by atoms with E-state index in [2.05, 4.69) is 20.7 Å². The second kappa shape index (κ2) is 6.30. The minimum Gasteiger partial charge on any atom is -0.339 e. The van der Waals surface area contributed by atoms with E-state index in [0.29, 0.717) is 10.0 Å². The summed E-state index contributed by atoms with van der Waals surface area (Å²) in [4.78, 5) is 14.6. The number of nitrogens with zero attached hydrogens (tertiary/aromatic N) is 5. The standard InChI is InChI=1S/C14H15Cl2N5O/c15-11-5-4-10(12(16)8-11)9-14(17-19-20-18-14)13(22)21-6-2-1-3-7-21/h4-5,8H,1-3,6-7,9H2. The fraction of sp³-hybridized carbons (Fsp3) is 0.500. The molecule has 1 amide bonds. The van der Waals surface area contributed by atoms with Gasteiger partial charge in [-0.15, -0.1) is 10.2 Å². The topological polar surface area (TPSA) is 69.8 Å². The number of hydrogen-bond donors (Lipinski definition) is 0. The first-order chi connectivity index (χ1) is 10.6. The number of halogens is 2. The third-order valence-corrected chi connectivity index (χ3v) is 4.49. The Bertz CT molecular complexity index is 628. The highest BCUT2D eigenvalue weighted by atomic mass is 35.5. The van der Waals surface area contributed by atoms with Crippen LogP contribution in [0.4, 0.5) is 0 Å². The molecule has 0 aliphatic carbocycles. The maximum atomic E-state index is 12.9. The van der Waals surface area contributed by atoms with E-state index in [4.69, 9.17) is 23.2 Å². The molecule has 0 N–H and O–H groups in total. The third-order valence-electron chi connectivity index (χ3n) is 3.90. The van der Waals surface area contributed by atoms with E-state index >= 15 is 0 Å². The van der Waals surface area contributed by atoms with Gasteiger partial charge in [0.25, 0.3) is 11.6 Å². The van der Waals surface area contributed by atoms with E-state index in [1.165, 1.54) is 0 Å². The average molecular weight is 340 g/mol. The molecule has 0 saturated carbocycles. The van der Waals surface area contributed by atoms with E-state index < -0.39 is 5.66 Å². The van der Waals surface area contributed by atoms with Crippen LogP contribution in [-0.2, 0) is 11.2 Å². The Morgan fingerprint density at radius 2 is 1.82 bits per heavy atom. The summed E-state index contributed by atoms with van der Waals surface area (Å²) < 4.78 is 0. The van der Waals surface area contributed by atoms with E-state index in [-0.39, 0.29) is 12.3 Å². The lowest BCUT2D eigenvalue weighted by Gasteiger charge is -2.31. The highest BCUT2D eigenvalue weighted by Gasteiger charge is 2.45. The first-order valence-corrected chi connectivity index (χ1v) is 7.94. The van der Waals surface area contributed by atoms with Gasteiger partial charge in [-0.05, 0) is 47.4 Å². The van der Waals surface area contributed by atoms with Crippen molar-refractivity contribution in [2.24, 2.45) is 20.7 Å². The van der Waals surface area contributed by atoms with Crippen molar-refractivity contribution in [1.82, 2.24) is 4.90 Å². The first kappa shape index (κ1) is 15.4. The Morgan fingerprint density at radius 1 is 1.14 bits per heavy atom. The number of carbonyl (C=O) groups excluding carboxylic acids is 1. The molecule has 6 nitrogen and oxygen atoms in total. The predicted molar refractivity (Wildman–Crippen MR) is 83.0 cm³/mol. The van der Waals surface area contributed by atoms with Gasteiger partial charge in [0.2, 0.25) is 0 Å². The molecule has 1 saturated heterocycles. The van der Waals surface area contributed by atoms with Crippen LogP contribution in [0, 0.1) is 0 Å². The Kier molecular flexibility index (Phi) is 4.40. The lowest BCUT2D eigenvalue weighted by Crippen LogP contribution is -2.49. The third kappa shape index (κ3) is 2.98. The zero-order chi connectivity index (χ0) is 15.6. The van der Waals surface area contributed by atoms with Gasteiger partial charge in [-0.3, -0.25) is 4.79 Å². The minimum atomic E-state index is -1.32. The monoisotopic (exact) mass is 339 g/mol. The Labute approximate surface area is 138 Å². The molecule has 1 fully saturated rings. The fourth-order valence-corrected chi connectivity index (χ4v) is 3.20. The van der Waals surface area contributed by atoms with Gasteiger partial charge in [-0.2, -0.15) is 0 Å². The van der Waals surface area contributed by atoms with Gasteiger partial charge in [0.15, 0.2) is 0 Å². The van der Waals surface area contributed by atoms with Crippen molar-refractivity contribution in [2.45, 2.75) is 31.3 Å². The summed E-state index contributed by atoms with van der Waals surface area (Å²) in [5.41, 5.74) is -0.578. The molecule has 2 aliphatic heterocycles. The van der Waals surface area contributed by atoms with Crippen molar-refractivity contribution in [2.75, 3.05) is 13.1 Å². The first-order valence-electron chi connectivity index (χ1n) is 7.18. The van der Waals surface area contributed by atoms with Crippen LogP contribution in [0.3, 0.4) is 0 Å². The summed E-state index contributed by atoms with van der Waals surface area (Å²) in [6, 6.07) is 5.14. The highest BCUT2D eigenvalue weighted by Crippen LogP contribution is 2.32. The number of benzene rings is 1. The summed E-state index contributed by atoms with van der Waals surface area (Å²) in [5.74, 6) is -0.164. The number of carbonyl (C=O) groups is 1. The highest BCUT2D eigenvalue weighted by molar-refractivity contribution is 6.35. The summed E-state index contributed by atoms with van der Waals surface area (Å²) >= 11 is 12.1. The Balaban J connectivity index is 1.87. The van der Waals surface area contributed by atoms with Crippen molar-refractivity contribution >= 4 is 29.1 Å². The van der Waals surface area contributed by atoms with Crippen molar-refractivity contribution in [3.8, 4) is 0 Å². The number of hydrogen-bond acceptors (Lipinski definition) is 5. The van der Waals surface area contributed by atoms with Gasteiger partial charge in [0, 0.05) is 29.6 Å². The fourth-order valence-electron chi connectivity index (χ4n) is 2.72. The SMILES string of the molecule is O=C(N1CCCCC1)C1(Cc2ccc(Cl)cc2Cl)N=NN=N1. The Hall–Kier alpha value is -1.53. The van der Waals surface area contributed by atoms with Gasteiger partial charge < -0.3 is 4.90 Å². The van der Waals surface area contributed by atoms with Crippen molar-refractivity contribution in [3.63, 3.8) is 0 Å². The molecule has 116 valence electrons. The second-order valence-corrected chi connectivity index (χ2v) is 6.30. The van der Waals surface area contributed by atoms with Crippen molar-refractivity contribution < 1.29 is 4.79 Å². The van der Waals surface area contributed by atoms with Crippen LogP contribution in [0.2, 0.25) is 10.0 Å². The van der Waals surface area contributed by atoms with Crippen LogP contribution in [-0.4, -0.2) is 29.6 Å². The van der Waals surface area contributed by atoms with E-state index in [1.54, 1.807) is 23.1 Å². The molecule has 1 aromatic rings. The van der Waals surface area contributed by atoms with Crippen LogP contribution >= 0.6 is 23.2 Å². The minimum absolute atomic E-state index is 0.164. The maximum Gasteiger partial charge on any atom is 0.277 e. The van der Waals surface area contributed by atoms with E-state index in [9.17, 15) is 4.79 Å². The molecule has 3 rings (SSSR count). The van der Waals surface area contributed by atoms with Crippen molar-refractivity contribution in [3.05, 3.63) is 33.8 Å². The summed E-state index contributed by atoms with van der Waals surface area (Å²) in [6.45, 7) is 1.44. The molecule has 22 heavy (non-hydrogen) atoms. The zero-order valence-electron chi connectivity index (χ0n) is 11.9. The number of piperidine rings is 1. The van der Waals surface area contributed by atoms with Gasteiger partial charge in [-0.25, -0.2) is 0 Å². The number of likely N-dealkylation sites (tertiary alicyclic amines) is 1. The Morgan fingerprint density at radius 3 is 2.45 bits per heavy atom. The van der Waals surface area contributed by atoms with Gasteiger partial charge in [0.1, 0.15) is 0 Å². The molecule has 1 aromatic carbocycles. The lowest BCUT2D eigenvalue weighted by atomic mass is 9.98. The van der Waals surface area contributed by atoms with Crippen LogP contribution in [0.5, 0.6) is 0 Å². The normalized spacial score (nSPS) is 19.6. The second-order valence-electron chi connectivity index (χ2n) is 5.46. The molecule has 2 heterocycles. The quantitative estimate of drug-likeness (QED) is 0.817. The summed E-state index contributed by atoms with van der Waals surface area (Å²) in [5, 5.41) is 16.2. The van der Waals surface area contributed by atoms with Crippen LogP contribution in [0.25, 0.3) is 0 Å². The molecule has 0 spiro atoms.